The van der Waals surface area contributed by atoms with Crippen LogP contribution in [0.1, 0.15) is 27.2 Å². The van der Waals surface area contributed by atoms with Gasteiger partial charge in [0.05, 0.1) is 22.9 Å². The summed E-state index contributed by atoms with van der Waals surface area (Å²) in [7, 11) is 0. The number of nitrogens with zero attached hydrogens (tertiary/aromatic N) is 3. The summed E-state index contributed by atoms with van der Waals surface area (Å²) in [4.78, 5) is 16.7. The van der Waals surface area contributed by atoms with Crippen molar-refractivity contribution >= 4 is 5.91 Å². The number of benzene rings is 2. The van der Waals surface area contributed by atoms with Gasteiger partial charge in [-0.25, -0.2) is 13.8 Å². The molecule has 0 fully saturated rings. The Labute approximate surface area is 193 Å². The molecule has 0 spiro atoms. The number of aromatic nitrogens is 2. The lowest BCUT2D eigenvalue weighted by molar-refractivity contribution is 0.0946. The number of carbonyl (C=O) groups excluding carboxylic acids is 1. The molecule has 0 bridgehead atoms. The average Bonchev–Trinajstić information content (AvgIpc) is 3.16. The van der Waals surface area contributed by atoms with E-state index in [1.54, 1.807) is 18.2 Å². The lowest BCUT2D eigenvalue weighted by atomic mass is 9.95. The van der Waals surface area contributed by atoms with E-state index in [2.05, 4.69) is 10.3 Å². The molecule has 0 atom stereocenters. The third-order valence-corrected chi connectivity index (χ3v) is 5.90. The van der Waals surface area contributed by atoms with Crippen LogP contribution in [0.2, 0.25) is 0 Å². The standard InChI is InChI=1S/C26H17F3N4O/c27-19-4-1-15(2-5-19)23-24-21(8-10-32-26(24)34)33(25(23)16-7-9-31-22(29)12-16)14-17-3-6-20(28)11-18(17)13-30/h1-7,9,11-12H,8,10,14H2,(H,32,34). The highest BCUT2D eigenvalue weighted by Crippen LogP contribution is 2.41. The molecule has 168 valence electrons. The zero-order valence-electron chi connectivity index (χ0n) is 17.8. The van der Waals surface area contributed by atoms with E-state index in [0.717, 1.165) is 6.07 Å². The van der Waals surface area contributed by atoms with Crippen molar-refractivity contribution in [1.29, 1.82) is 5.26 Å². The molecule has 2 aromatic carbocycles. The third-order valence-electron chi connectivity index (χ3n) is 5.90. The van der Waals surface area contributed by atoms with Crippen LogP contribution in [-0.4, -0.2) is 22.0 Å². The summed E-state index contributed by atoms with van der Waals surface area (Å²) < 4.78 is 43.5. The van der Waals surface area contributed by atoms with Crippen molar-refractivity contribution in [2.75, 3.05) is 6.54 Å². The fourth-order valence-electron chi connectivity index (χ4n) is 4.44. The van der Waals surface area contributed by atoms with Gasteiger partial charge in [-0.3, -0.25) is 4.79 Å². The third kappa shape index (κ3) is 3.71. The van der Waals surface area contributed by atoms with Crippen molar-refractivity contribution in [3.63, 3.8) is 0 Å². The summed E-state index contributed by atoms with van der Waals surface area (Å²) in [6.07, 6.45) is 1.82. The van der Waals surface area contributed by atoms with Gasteiger partial charge in [0.25, 0.3) is 5.91 Å². The molecule has 5 nitrogen and oxygen atoms in total. The van der Waals surface area contributed by atoms with Crippen molar-refractivity contribution in [2.24, 2.45) is 0 Å². The van der Waals surface area contributed by atoms with Gasteiger partial charge >= 0.3 is 0 Å². The van der Waals surface area contributed by atoms with Gasteiger partial charge in [-0.2, -0.15) is 9.65 Å². The normalized spacial score (nSPS) is 12.7. The Morgan fingerprint density at radius 3 is 2.47 bits per heavy atom. The van der Waals surface area contributed by atoms with Crippen molar-refractivity contribution in [2.45, 2.75) is 13.0 Å². The molecule has 0 unspecified atom stereocenters. The minimum absolute atomic E-state index is 0.152. The molecule has 0 aliphatic carbocycles. The SMILES string of the molecule is N#Cc1cc(F)ccc1Cn1c2c(c(-c3ccc(F)cc3)c1-c1ccnc(F)c1)C(=O)NCC2. The number of nitriles is 1. The lowest BCUT2D eigenvalue weighted by Crippen LogP contribution is -2.32. The fourth-order valence-corrected chi connectivity index (χ4v) is 4.44. The number of fused-ring (bicyclic) bond motifs is 1. The Balaban J connectivity index is 1.84. The van der Waals surface area contributed by atoms with Crippen LogP contribution in [0.25, 0.3) is 22.4 Å². The summed E-state index contributed by atoms with van der Waals surface area (Å²) in [5, 5.41) is 12.4. The predicted molar refractivity (Wildman–Crippen MR) is 119 cm³/mol. The van der Waals surface area contributed by atoms with Crippen LogP contribution in [0.3, 0.4) is 0 Å². The Morgan fingerprint density at radius 2 is 1.74 bits per heavy atom. The van der Waals surface area contributed by atoms with E-state index in [1.165, 1.54) is 36.5 Å². The van der Waals surface area contributed by atoms with Gasteiger partial charge in [-0.15, -0.1) is 0 Å². The summed E-state index contributed by atoms with van der Waals surface area (Å²) in [6, 6.07) is 14.6. The van der Waals surface area contributed by atoms with Gasteiger partial charge in [0.15, 0.2) is 0 Å². The van der Waals surface area contributed by atoms with E-state index in [9.17, 15) is 23.2 Å². The maximum Gasteiger partial charge on any atom is 0.253 e. The van der Waals surface area contributed by atoms with Crippen LogP contribution in [-0.2, 0) is 13.0 Å². The summed E-state index contributed by atoms with van der Waals surface area (Å²) in [6.45, 7) is 0.552. The molecule has 3 heterocycles. The number of nitrogens with one attached hydrogen (secondary N) is 1. The second-order valence-electron chi connectivity index (χ2n) is 7.92. The first-order chi connectivity index (χ1) is 16.5. The summed E-state index contributed by atoms with van der Waals surface area (Å²) >= 11 is 0. The van der Waals surface area contributed by atoms with E-state index in [1.807, 2.05) is 10.6 Å². The second-order valence-corrected chi connectivity index (χ2v) is 7.92. The largest absolute Gasteiger partial charge is 0.352 e. The van der Waals surface area contributed by atoms with E-state index in [-0.39, 0.29) is 18.0 Å². The Kier molecular flexibility index (Phi) is 5.38. The smallest absolute Gasteiger partial charge is 0.253 e. The van der Waals surface area contributed by atoms with Crippen molar-refractivity contribution in [3.05, 3.63) is 101 Å². The molecule has 1 N–H and O–H groups in total. The first-order valence-electron chi connectivity index (χ1n) is 10.6. The molecule has 2 aromatic heterocycles. The topological polar surface area (TPSA) is 70.7 Å². The molecule has 1 aliphatic heterocycles. The molecule has 34 heavy (non-hydrogen) atoms. The van der Waals surface area contributed by atoms with Gasteiger partial charge in [0.2, 0.25) is 5.95 Å². The van der Waals surface area contributed by atoms with Gasteiger partial charge in [0.1, 0.15) is 11.6 Å². The van der Waals surface area contributed by atoms with Gasteiger partial charge in [0, 0.05) is 48.6 Å². The Bertz CT molecular complexity index is 1470. The van der Waals surface area contributed by atoms with Crippen LogP contribution in [0.5, 0.6) is 0 Å². The average molecular weight is 458 g/mol. The van der Waals surface area contributed by atoms with Gasteiger partial charge in [-0.05, 0) is 41.5 Å². The first kappa shape index (κ1) is 21.5. The molecule has 1 aliphatic rings. The first-order valence-corrected chi connectivity index (χ1v) is 10.6. The summed E-state index contributed by atoms with van der Waals surface area (Å²) in [5.74, 6) is -1.95. The van der Waals surface area contributed by atoms with E-state index >= 15 is 0 Å². The second kappa shape index (κ2) is 8.52. The molecule has 4 aromatic rings. The number of halogens is 3. The van der Waals surface area contributed by atoms with Crippen LogP contribution >= 0.6 is 0 Å². The molecular formula is C26H17F3N4O. The van der Waals surface area contributed by atoms with Crippen LogP contribution in [0.15, 0.2) is 60.8 Å². The van der Waals surface area contributed by atoms with Crippen molar-refractivity contribution < 1.29 is 18.0 Å². The zero-order valence-corrected chi connectivity index (χ0v) is 17.8. The maximum atomic E-state index is 14.2. The lowest BCUT2D eigenvalue weighted by Gasteiger charge is -2.18. The fraction of sp³-hybridized carbons (Fsp3) is 0.115. The quantitative estimate of drug-likeness (QED) is 0.445. The predicted octanol–water partition coefficient (Wildman–Crippen LogP) is 4.84. The molecule has 1 amide bonds. The van der Waals surface area contributed by atoms with Crippen molar-refractivity contribution in [3.8, 4) is 28.5 Å². The highest BCUT2D eigenvalue weighted by molar-refractivity contribution is 6.07. The molecule has 5 rings (SSSR count). The number of carbonyl (C=O) groups is 1. The van der Waals surface area contributed by atoms with Crippen molar-refractivity contribution in [1.82, 2.24) is 14.9 Å². The zero-order chi connectivity index (χ0) is 23.8. The molecule has 0 saturated carbocycles. The van der Waals surface area contributed by atoms with Gasteiger partial charge in [-0.1, -0.05) is 18.2 Å². The number of amides is 1. The van der Waals surface area contributed by atoms with Gasteiger partial charge < -0.3 is 9.88 Å². The minimum Gasteiger partial charge on any atom is -0.352 e. The Morgan fingerprint density at radius 1 is 0.971 bits per heavy atom. The van der Waals surface area contributed by atoms with E-state index < -0.39 is 17.6 Å². The highest BCUT2D eigenvalue weighted by Gasteiger charge is 2.31. The highest BCUT2D eigenvalue weighted by atomic mass is 19.1. The molecule has 0 radical (unpaired) electrons. The summed E-state index contributed by atoms with van der Waals surface area (Å²) in [5.41, 5.74) is 3.93. The van der Waals surface area contributed by atoms with Crippen LogP contribution in [0, 0.1) is 28.9 Å². The minimum atomic E-state index is -0.697. The molecule has 0 saturated heterocycles. The van der Waals surface area contributed by atoms with Crippen LogP contribution < -0.4 is 5.32 Å². The van der Waals surface area contributed by atoms with E-state index in [4.69, 9.17) is 0 Å². The molecule has 8 heteroatoms. The maximum absolute atomic E-state index is 14.2. The number of rotatable bonds is 4. The Hall–Kier alpha value is -4.38. The number of pyridine rings is 1. The number of hydrogen-bond acceptors (Lipinski definition) is 3. The van der Waals surface area contributed by atoms with Crippen LogP contribution in [0.4, 0.5) is 13.2 Å². The number of hydrogen-bond donors (Lipinski definition) is 1. The molecular weight excluding hydrogens is 441 g/mol. The van der Waals surface area contributed by atoms with E-state index in [0.29, 0.717) is 52.2 Å². The monoisotopic (exact) mass is 458 g/mol.